The van der Waals surface area contributed by atoms with Crippen molar-refractivity contribution in [3.8, 4) is 5.75 Å². The summed E-state index contributed by atoms with van der Waals surface area (Å²) in [5, 5.41) is 4.29. The molecule has 1 aliphatic rings. The molecule has 0 saturated carbocycles. The fourth-order valence-electron chi connectivity index (χ4n) is 3.43. The molecule has 1 aromatic heterocycles. The topological polar surface area (TPSA) is 59.8 Å². The van der Waals surface area contributed by atoms with E-state index in [0.717, 1.165) is 17.9 Å². The van der Waals surface area contributed by atoms with Gasteiger partial charge in [-0.05, 0) is 26.2 Å². The monoisotopic (exact) mass is 372 g/mol. The third-order valence-corrected chi connectivity index (χ3v) is 4.61. The number of nitrogens with zero attached hydrogens (tertiary/aromatic N) is 4. The van der Waals surface area contributed by atoms with Gasteiger partial charge in [0.15, 0.2) is 0 Å². The van der Waals surface area contributed by atoms with E-state index in [0.29, 0.717) is 26.2 Å². The summed E-state index contributed by atoms with van der Waals surface area (Å²) in [7, 11) is 5.91. The number of amides is 1. The minimum absolute atomic E-state index is 0.0758. The molecule has 7 heteroatoms. The molecule has 1 saturated heterocycles. The first-order chi connectivity index (χ1) is 13.0. The molecule has 2 aromatic rings. The van der Waals surface area contributed by atoms with Gasteiger partial charge in [-0.2, -0.15) is 5.10 Å². The van der Waals surface area contributed by atoms with Crippen molar-refractivity contribution in [2.24, 2.45) is 7.05 Å². The maximum Gasteiger partial charge on any atom is 0.226 e. The van der Waals surface area contributed by atoms with Gasteiger partial charge < -0.3 is 19.3 Å². The molecule has 0 unspecified atom stereocenters. The molecular formula is C20H28N4O3. The number of para-hydroxylation sites is 1. The number of likely N-dealkylation sites (N-methyl/N-ethyl adjacent to an activating group) is 1. The highest BCUT2D eigenvalue weighted by atomic mass is 16.5. The van der Waals surface area contributed by atoms with Gasteiger partial charge in [0.1, 0.15) is 5.75 Å². The van der Waals surface area contributed by atoms with Crippen LogP contribution in [0.3, 0.4) is 0 Å². The molecule has 0 bridgehead atoms. The average molecular weight is 372 g/mol. The van der Waals surface area contributed by atoms with Gasteiger partial charge in [0.2, 0.25) is 5.91 Å². The minimum Gasteiger partial charge on any atom is -0.493 e. The average Bonchev–Trinajstić information content (AvgIpc) is 3.08. The number of benzene rings is 1. The lowest BCUT2D eigenvalue weighted by molar-refractivity contribution is -0.148. The zero-order valence-corrected chi connectivity index (χ0v) is 16.2. The Kier molecular flexibility index (Phi) is 6.47. The molecule has 1 fully saturated rings. The summed E-state index contributed by atoms with van der Waals surface area (Å²) in [6, 6.07) is 9.43. The number of carbonyl (C=O) groups excluding carboxylic acids is 1. The molecule has 146 valence electrons. The van der Waals surface area contributed by atoms with Crippen molar-refractivity contribution in [3.63, 3.8) is 0 Å². The Morgan fingerprint density at radius 2 is 2.11 bits per heavy atom. The molecule has 0 radical (unpaired) electrons. The van der Waals surface area contributed by atoms with E-state index in [2.05, 4.69) is 10.00 Å². The Morgan fingerprint density at radius 1 is 1.33 bits per heavy atom. The molecule has 2 heterocycles. The van der Waals surface area contributed by atoms with E-state index in [1.54, 1.807) is 4.68 Å². The van der Waals surface area contributed by atoms with Crippen LogP contribution >= 0.6 is 0 Å². The molecule has 0 spiro atoms. The standard InChI is InChI=1S/C20H28N4O3/c1-22(2)15-18-20(16-13-21-23(3)14-16)24(10-12-27-18)19(25)9-11-26-17-7-5-4-6-8-17/h4-8,13-14,18,20H,9-12,15H2,1-3H3/t18-,20-/m0/s1. The largest absolute Gasteiger partial charge is 0.493 e. The highest BCUT2D eigenvalue weighted by Crippen LogP contribution is 2.30. The van der Waals surface area contributed by atoms with E-state index >= 15 is 0 Å². The SMILES string of the molecule is CN(C)C[C@@H]1OCCN(C(=O)CCOc2ccccc2)[C@H]1c1cnn(C)c1. The first-order valence-electron chi connectivity index (χ1n) is 9.27. The third-order valence-electron chi connectivity index (χ3n) is 4.61. The Hall–Kier alpha value is -2.38. The van der Waals surface area contributed by atoms with Crippen molar-refractivity contribution in [1.29, 1.82) is 0 Å². The summed E-state index contributed by atoms with van der Waals surface area (Å²) in [6.45, 7) is 2.22. The number of aryl methyl sites for hydroxylation is 1. The van der Waals surface area contributed by atoms with Crippen LogP contribution < -0.4 is 4.74 Å². The second-order valence-electron chi connectivity index (χ2n) is 7.06. The Labute approximate surface area is 160 Å². The van der Waals surface area contributed by atoms with Crippen LogP contribution in [0.2, 0.25) is 0 Å². The lowest BCUT2D eigenvalue weighted by Gasteiger charge is -2.41. The Balaban J connectivity index is 1.69. The minimum atomic E-state index is -0.140. The zero-order chi connectivity index (χ0) is 19.2. The third kappa shape index (κ3) is 5.08. The van der Waals surface area contributed by atoms with E-state index in [1.165, 1.54) is 0 Å². The summed E-state index contributed by atoms with van der Waals surface area (Å²) >= 11 is 0. The predicted octanol–water partition coefficient (Wildman–Crippen LogP) is 1.72. The molecule has 1 aromatic carbocycles. The highest BCUT2D eigenvalue weighted by Gasteiger charge is 2.37. The number of rotatable bonds is 7. The van der Waals surface area contributed by atoms with Gasteiger partial charge in [-0.25, -0.2) is 0 Å². The molecule has 1 amide bonds. The first-order valence-corrected chi connectivity index (χ1v) is 9.27. The van der Waals surface area contributed by atoms with Crippen LogP contribution in [-0.2, 0) is 16.6 Å². The number of hydrogen-bond acceptors (Lipinski definition) is 5. The number of morpholine rings is 1. The van der Waals surface area contributed by atoms with Gasteiger partial charge in [-0.1, -0.05) is 18.2 Å². The van der Waals surface area contributed by atoms with Gasteiger partial charge in [-0.15, -0.1) is 0 Å². The Bertz CT molecular complexity index is 732. The van der Waals surface area contributed by atoms with E-state index in [1.807, 2.05) is 68.8 Å². The van der Waals surface area contributed by atoms with Crippen LogP contribution in [0.1, 0.15) is 18.0 Å². The number of carbonyl (C=O) groups is 1. The molecule has 7 nitrogen and oxygen atoms in total. The van der Waals surface area contributed by atoms with Crippen LogP contribution in [0.4, 0.5) is 0 Å². The van der Waals surface area contributed by atoms with Crippen molar-refractivity contribution in [3.05, 3.63) is 48.3 Å². The number of hydrogen-bond donors (Lipinski definition) is 0. The zero-order valence-electron chi connectivity index (χ0n) is 16.2. The van der Waals surface area contributed by atoms with E-state index in [4.69, 9.17) is 9.47 Å². The van der Waals surface area contributed by atoms with Crippen molar-refractivity contribution in [2.75, 3.05) is 40.4 Å². The summed E-state index contributed by atoms with van der Waals surface area (Å²) < 4.78 is 13.5. The number of aromatic nitrogens is 2. The lowest BCUT2D eigenvalue weighted by atomic mass is 10.00. The lowest BCUT2D eigenvalue weighted by Crippen LogP contribution is -2.51. The molecular weight excluding hydrogens is 344 g/mol. The summed E-state index contributed by atoms with van der Waals surface area (Å²) in [4.78, 5) is 17.0. The summed E-state index contributed by atoms with van der Waals surface area (Å²) in [5.74, 6) is 0.855. The van der Waals surface area contributed by atoms with Crippen LogP contribution in [0.15, 0.2) is 42.7 Å². The first kappa shape index (κ1) is 19.4. The molecule has 0 aliphatic carbocycles. The maximum atomic E-state index is 13.0. The van der Waals surface area contributed by atoms with E-state index in [9.17, 15) is 4.79 Å². The van der Waals surface area contributed by atoms with Crippen molar-refractivity contribution >= 4 is 5.91 Å². The van der Waals surface area contributed by atoms with Gasteiger partial charge in [0, 0.05) is 31.9 Å². The van der Waals surface area contributed by atoms with Crippen LogP contribution in [0.25, 0.3) is 0 Å². The smallest absolute Gasteiger partial charge is 0.226 e. The van der Waals surface area contributed by atoms with Gasteiger partial charge >= 0.3 is 0 Å². The normalized spacial score (nSPS) is 20.1. The molecule has 27 heavy (non-hydrogen) atoms. The molecule has 2 atom stereocenters. The molecule has 3 rings (SSSR count). The number of ether oxygens (including phenoxy) is 2. The second-order valence-corrected chi connectivity index (χ2v) is 7.06. The predicted molar refractivity (Wildman–Crippen MR) is 103 cm³/mol. The van der Waals surface area contributed by atoms with Crippen LogP contribution in [-0.4, -0.2) is 72.0 Å². The van der Waals surface area contributed by atoms with Gasteiger partial charge in [-0.3, -0.25) is 9.48 Å². The van der Waals surface area contributed by atoms with E-state index in [-0.39, 0.29) is 18.1 Å². The second kappa shape index (κ2) is 9.01. The fraction of sp³-hybridized carbons (Fsp3) is 0.500. The van der Waals surface area contributed by atoms with Crippen molar-refractivity contribution in [1.82, 2.24) is 19.6 Å². The van der Waals surface area contributed by atoms with Crippen molar-refractivity contribution < 1.29 is 14.3 Å². The quantitative estimate of drug-likeness (QED) is 0.741. The van der Waals surface area contributed by atoms with E-state index < -0.39 is 0 Å². The van der Waals surface area contributed by atoms with Gasteiger partial charge in [0.05, 0.1) is 38.0 Å². The molecule has 1 aliphatic heterocycles. The Morgan fingerprint density at radius 3 is 2.78 bits per heavy atom. The van der Waals surface area contributed by atoms with Crippen LogP contribution in [0, 0.1) is 0 Å². The summed E-state index contributed by atoms with van der Waals surface area (Å²) in [5.41, 5.74) is 1.00. The highest BCUT2D eigenvalue weighted by molar-refractivity contribution is 5.77. The fourth-order valence-corrected chi connectivity index (χ4v) is 3.43. The summed E-state index contributed by atoms with van der Waals surface area (Å²) in [6.07, 6.45) is 4.03. The van der Waals surface area contributed by atoms with Gasteiger partial charge in [0.25, 0.3) is 0 Å². The molecule has 0 N–H and O–H groups in total. The van der Waals surface area contributed by atoms with Crippen LogP contribution in [0.5, 0.6) is 5.75 Å². The van der Waals surface area contributed by atoms with Crippen molar-refractivity contribution in [2.45, 2.75) is 18.6 Å². The maximum absolute atomic E-state index is 13.0.